The van der Waals surface area contributed by atoms with Crippen LogP contribution >= 0.6 is 0 Å². The summed E-state index contributed by atoms with van der Waals surface area (Å²) in [5, 5.41) is 0. The van der Waals surface area contributed by atoms with Crippen LogP contribution in [0.2, 0.25) is 0 Å². The van der Waals surface area contributed by atoms with E-state index in [1.165, 1.54) is 6.92 Å². The molecule has 0 aliphatic carbocycles. The Morgan fingerprint density at radius 1 is 1.10 bits per heavy atom. The molecular weight excluding hydrogens is 404 g/mol. The van der Waals surface area contributed by atoms with Gasteiger partial charge in [-0.1, -0.05) is 0 Å². The van der Waals surface area contributed by atoms with Gasteiger partial charge in [0, 0.05) is 37.8 Å². The molecule has 9 heteroatoms. The first-order valence-electron chi connectivity index (χ1n) is 10.7. The molecule has 0 aromatic heterocycles. The molecular formula is C21H30N4O4S. The molecule has 1 aromatic carbocycles. The Labute approximate surface area is 178 Å². The van der Waals surface area contributed by atoms with Crippen LogP contribution in [-0.2, 0) is 26.0 Å². The number of carbonyl (C=O) groups is 2. The lowest BCUT2D eigenvalue weighted by molar-refractivity contribution is -0.123. The average molecular weight is 435 g/mol. The van der Waals surface area contributed by atoms with Crippen LogP contribution in [0.4, 0.5) is 5.69 Å². The smallest absolute Gasteiger partial charge is 0.243 e. The Morgan fingerprint density at radius 3 is 2.43 bits per heavy atom. The van der Waals surface area contributed by atoms with E-state index in [-0.39, 0.29) is 34.8 Å². The summed E-state index contributed by atoms with van der Waals surface area (Å²) in [4.78, 5) is 27.8. The van der Waals surface area contributed by atoms with Gasteiger partial charge >= 0.3 is 0 Å². The minimum atomic E-state index is -3.60. The van der Waals surface area contributed by atoms with Crippen molar-refractivity contribution in [3.8, 4) is 0 Å². The minimum absolute atomic E-state index is 0.0323. The van der Waals surface area contributed by atoms with Crippen molar-refractivity contribution in [2.45, 2.75) is 69.0 Å². The summed E-state index contributed by atoms with van der Waals surface area (Å²) in [6, 6.07) is 5.09. The molecule has 0 saturated carbocycles. The lowest BCUT2D eigenvalue weighted by Gasteiger charge is -2.38. The first-order valence-corrected chi connectivity index (χ1v) is 12.1. The Morgan fingerprint density at radius 2 is 1.80 bits per heavy atom. The highest BCUT2D eigenvalue weighted by Crippen LogP contribution is 2.35. The zero-order valence-electron chi connectivity index (χ0n) is 17.6. The molecule has 3 heterocycles. The van der Waals surface area contributed by atoms with Crippen molar-refractivity contribution in [1.29, 1.82) is 0 Å². The van der Waals surface area contributed by atoms with Gasteiger partial charge in [-0.15, -0.1) is 0 Å². The van der Waals surface area contributed by atoms with Gasteiger partial charge in [0.25, 0.3) is 0 Å². The fourth-order valence-corrected chi connectivity index (χ4v) is 6.86. The van der Waals surface area contributed by atoms with Crippen LogP contribution in [0.25, 0.3) is 0 Å². The third kappa shape index (κ3) is 3.63. The quantitative estimate of drug-likeness (QED) is 0.764. The molecule has 0 spiro atoms. The lowest BCUT2D eigenvalue weighted by Crippen LogP contribution is -2.51. The molecule has 1 aromatic rings. The summed E-state index contributed by atoms with van der Waals surface area (Å²) < 4.78 is 28.0. The van der Waals surface area contributed by atoms with E-state index in [0.29, 0.717) is 32.4 Å². The molecule has 2 fully saturated rings. The van der Waals surface area contributed by atoms with E-state index in [1.54, 1.807) is 27.4 Å². The summed E-state index contributed by atoms with van der Waals surface area (Å²) in [5.41, 5.74) is 7.24. The summed E-state index contributed by atoms with van der Waals surface area (Å²) >= 11 is 0. The summed E-state index contributed by atoms with van der Waals surface area (Å²) in [5.74, 6) is -0.315. The first kappa shape index (κ1) is 21.3. The second-order valence-corrected chi connectivity index (χ2v) is 10.6. The third-order valence-corrected chi connectivity index (χ3v) is 8.65. The molecule has 0 radical (unpaired) electrons. The summed E-state index contributed by atoms with van der Waals surface area (Å²) in [7, 11) is -3.60. The Bertz CT molecular complexity index is 956. The second kappa shape index (κ2) is 7.94. The number of fused-ring (bicyclic) bond motifs is 1. The maximum atomic E-state index is 13.2. The molecule has 2 amide bonds. The van der Waals surface area contributed by atoms with Crippen LogP contribution < -0.4 is 10.6 Å². The highest BCUT2D eigenvalue weighted by Gasteiger charge is 2.38. The SMILES string of the molecule is CC(=O)N1c2ccc(S(=O)(=O)N3CCC(N4CCCC4C(N)=O)CC3)cc2CC1C. The van der Waals surface area contributed by atoms with Crippen molar-refractivity contribution in [3.05, 3.63) is 23.8 Å². The van der Waals surface area contributed by atoms with Gasteiger partial charge in [-0.05, 0) is 69.3 Å². The zero-order chi connectivity index (χ0) is 21.6. The van der Waals surface area contributed by atoms with E-state index in [2.05, 4.69) is 4.90 Å². The number of nitrogens with two attached hydrogens (primary N) is 1. The van der Waals surface area contributed by atoms with Gasteiger partial charge in [0.2, 0.25) is 21.8 Å². The van der Waals surface area contributed by atoms with Crippen molar-refractivity contribution in [3.63, 3.8) is 0 Å². The maximum absolute atomic E-state index is 13.2. The number of hydrogen-bond acceptors (Lipinski definition) is 5. The highest BCUT2D eigenvalue weighted by atomic mass is 32.2. The molecule has 30 heavy (non-hydrogen) atoms. The fraction of sp³-hybridized carbons (Fsp3) is 0.619. The first-order chi connectivity index (χ1) is 14.2. The number of rotatable bonds is 4. The zero-order valence-corrected chi connectivity index (χ0v) is 18.4. The Hall–Kier alpha value is -1.97. The van der Waals surface area contributed by atoms with E-state index in [0.717, 1.165) is 30.6 Å². The molecule has 0 bridgehead atoms. The van der Waals surface area contributed by atoms with E-state index in [4.69, 9.17) is 5.73 Å². The molecule has 2 unspecified atom stereocenters. The number of anilines is 1. The molecule has 2 atom stereocenters. The number of hydrogen-bond donors (Lipinski definition) is 1. The highest BCUT2D eigenvalue weighted by molar-refractivity contribution is 7.89. The number of piperidine rings is 1. The molecule has 3 aliphatic heterocycles. The van der Waals surface area contributed by atoms with Gasteiger partial charge in [-0.25, -0.2) is 8.42 Å². The van der Waals surface area contributed by atoms with Gasteiger partial charge in [0.1, 0.15) is 0 Å². The van der Waals surface area contributed by atoms with Crippen LogP contribution in [0.5, 0.6) is 0 Å². The number of benzene rings is 1. The van der Waals surface area contributed by atoms with Gasteiger partial charge < -0.3 is 10.6 Å². The van der Waals surface area contributed by atoms with Gasteiger partial charge in [-0.3, -0.25) is 14.5 Å². The van der Waals surface area contributed by atoms with Crippen molar-refractivity contribution in [2.24, 2.45) is 5.73 Å². The van der Waals surface area contributed by atoms with E-state index >= 15 is 0 Å². The normalized spacial score (nSPS) is 26.1. The largest absolute Gasteiger partial charge is 0.368 e. The Balaban J connectivity index is 1.47. The van der Waals surface area contributed by atoms with Crippen LogP contribution in [-0.4, -0.2) is 67.2 Å². The standard InChI is InChI=1S/C21H30N4O4S/c1-14-12-16-13-18(5-6-19(16)25(14)15(2)26)30(28,29)23-10-7-17(8-11-23)24-9-3-4-20(24)21(22)27/h5-6,13-14,17,20H,3-4,7-12H2,1-2H3,(H2,22,27). The van der Waals surface area contributed by atoms with Crippen LogP contribution in [0.3, 0.4) is 0 Å². The summed E-state index contributed by atoms with van der Waals surface area (Å²) in [6.45, 7) is 5.21. The third-order valence-electron chi connectivity index (χ3n) is 6.76. The number of sulfonamides is 1. The van der Waals surface area contributed by atoms with Crippen molar-refractivity contribution in [2.75, 3.05) is 24.5 Å². The molecule has 2 N–H and O–H groups in total. The second-order valence-electron chi connectivity index (χ2n) is 8.67. The number of carbonyl (C=O) groups excluding carboxylic acids is 2. The minimum Gasteiger partial charge on any atom is -0.368 e. The predicted octanol–water partition coefficient (Wildman–Crippen LogP) is 1.09. The molecule has 3 aliphatic rings. The fourth-order valence-electron chi connectivity index (χ4n) is 5.34. The van der Waals surface area contributed by atoms with E-state index in [9.17, 15) is 18.0 Å². The maximum Gasteiger partial charge on any atom is 0.243 e. The molecule has 8 nitrogen and oxygen atoms in total. The topological polar surface area (TPSA) is 104 Å². The molecule has 2 saturated heterocycles. The van der Waals surface area contributed by atoms with E-state index < -0.39 is 10.0 Å². The van der Waals surface area contributed by atoms with Crippen LogP contribution in [0, 0.1) is 0 Å². The Kier molecular flexibility index (Phi) is 5.63. The lowest BCUT2D eigenvalue weighted by atomic mass is 10.0. The van der Waals surface area contributed by atoms with Gasteiger partial charge in [0.05, 0.1) is 10.9 Å². The molecule has 164 valence electrons. The number of likely N-dealkylation sites (tertiary alicyclic amines) is 1. The summed E-state index contributed by atoms with van der Waals surface area (Å²) in [6.07, 6.45) is 3.80. The average Bonchev–Trinajstić information content (AvgIpc) is 3.31. The van der Waals surface area contributed by atoms with Gasteiger partial charge in [0.15, 0.2) is 0 Å². The van der Waals surface area contributed by atoms with Crippen LogP contribution in [0.1, 0.15) is 45.1 Å². The monoisotopic (exact) mass is 434 g/mol. The number of amides is 2. The van der Waals surface area contributed by atoms with Crippen molar-refractivity contribution < 1.29 is 18.0 Å². The van der Waals surface area contributed by atoms with Crippen molar-refractivity contribution in [1.82, 2.24) is 9.21 Å². The number of nitrogens with zero attached hydrogens (tertiary/aromatic N) is 3. The van der Waals surface area contributed by atoms with Crippen molar-refractivity contribution >= 4 is 27.5 Å². The van der Waals surface area contributed by atoms with E-state index in [1.807, 2.05) is 6.92 Å². The predicted molar refractivity (Wildman–Crippen MR) is 113 cm³/mol. The molecule has 4 rings (SSSR count). The number of primary amides is 1. The van der Waals surface area contributed by atoms with Crippen LogP contribution in [0.15, 0.2) is 23.1 Å². The van der Waals surface area contributed by atoms with Gasteiger partial charge in [-0.2, -0.15) is 4.31 Å².